The second kappa shape index (κ2) is 3.59. The smallest absolute Gasteiger partial charge is 0.180 e. The van der Waals surface area contributed by atoms with Crippen molar-refractivity contribution in [2.24, 2.45) is 0 Å². The minimum absolute atomic E-state index is 0.579. The van der Waals surface area contributed by atoms with E-state index in [1.807, 2.05) is 6.92 Å². The first-order valence-electron chi connectivity index (χ1n) is 4.05. The highest BCUT2D eigenvalue weighted by Gasteiger charge is 2.04. The summed E-state index contributed by atoms with van der Waals surface area (Å²) in [6, 6.07) is 0. The van der Waals surface area contributed by atoms with Gasteiger partial charge in [0.2, 0.25) is 0 Å². The topological polar surface area (TPSA) is 56.7 Å². The maximum atomic E-state index is 5.88. The largest absolute Gasteiger partial charge is 0.375 e. The molecule has 2 N–H and O–H groups in total. The quantitative estimate of drug-likeness (QED) is 0.855. The number of anilines is 1. The third-order valence-electron chi connectivity index (χ3n) is 1.78. The van der Waals surface area contributed by atoms with Crippen molar-refractivity contribution in [2.45, 2.75) is 13.5 Å². The Labute approximate surface area is 90.3 Å². The van der Waals surface area contributed by atoms with Gasteiger partial charge in [0.25, 0.3) is 0 Å². The molecule has 0 radical (unpaired) electrons. The van der Waals surface area contributed by atoms with Crippen LogP contribution in [-0.2, 0) is 6.54 Å². The summed E-state index contributed by atoms with van der Waals surface area (Å²) in [4.78, 5) is 5.04. The van der Waals surface area contributed by atoms with E-state index in [1.165, 1.54) is 11.3 Å². The van der Waals surface area contributed by atoms with Crippen LogP contribution >= 0.6 is 22.9 Å². The van der Waals surface area contributed by atoms with Gasteiger partial charge in [-0.25, -0.2) is 4.98 Å². The van der Waals surface area contributed by atoms with Crippen LogP contribution in [0, 0.1) is 6.92 Å². The predicted octanol–water partition coefficient (Wildman–Crippen LogP) is 1.93. The van der Waals surface area contributed by atoms with Crippen molar-refractivity contribution >= 4 is 28.1 Å². The highest BCUT2D eigenvalue weighted by Crippen LogP contribution is 2.17. The van der Waals surface area contributed by atoms with Crippen LogP contribution in [0.4, 0.5) is 5.13 Å². The van der Waals surface area contributed by atoms with Crippen LogP contribution in [0.2, 0.25) is 5.02 Å². The summed E-state index contributed by atoms with van der Waals surface area (Å²) in [5, 5.41) is 5.50. The zero-order chi connectivity index (χ0) is 10.1. The summed E-state index contributed by atoms with van der Waals surface area (Å²) in [5.41, 5.74) is 6.36. The Bertz CT molecular complexity index is 428. The van der Waals surface area contributed by atoms with Gasteiger partial charge in [-0.2, -0.15) is 5.10 Å². The molecule has 0 aliphatic carbocycles. The maximum absolute atomic E-state index is 5.88. The maximum Gasteiger partial charge on any atom is 0.180 e. The number of hydrogen-bond donors (Lipinski definition) is 1. The molecule has 2 aromatic heterocycles. The van der Waals surface area contributed by atoms with Gasteiger partial charge < -0.3 is 5.73 Å². The number of aromatic nitrogens is 3. The summed E-state index contributed by atoms with van der Waals surface area (Å²) in [6.45, 7) is 2.54. The number of nitrogen functional groups attached to an aromatic ring is 1. The van der Waals surface area contributed by atoms with E-state index in [2.05, 4.69) is 10.1 Å². The monoisotopic (exact) mass is 228 g/mol. The molecule has 0 aromatic carbocycles. The third kappa shape index (κ3) is 1.88. The van der Waals surface area contributed by atoms with Crippen molar-refractivity contribution in [3.8, 4) is 0 Å². The summed E-state index contributed by atoms with van der Waals surface area (Å²) in [6.07, 6.45) is 3.55. The number of thiazole rings is 1. The van der Waals surface area contributed by atoms with Crippen molar-refractivity contribution in [3.63, 3.8) is 0 Å². The lowest BCUT2D eigenvalue weighted by molar-refractivity contribution is 0.686. The first-order chi connectivity index (χ1) is 6.65. The predicted molar refractivity (Wildman–Crippen MR) is 57.6 cm³/mol. The van der Waals surface area contributed by atoms with Crippen LogP contribution in [0.25, 0.3) is 0 Å². The number of nitrogens with two attached hydrogens (primary N) is 1. The molecule has 0 fully saturated rings. The molecule has 74 valence electrons. The van der Waals surface area contributed by atoms with E-state index < -0.39 is 0 Å². The third-order valence-corrected chi connectivity index (χ3v) is 2.96. The highest BCUT2D eigenvalue weighted by atomic mass is 35.5. The Kier molecular flexibility index (Phi) is 2.43. The van der Waals surface area contributed by atoms with Crippen molar-refractivity contribution in [1.29, 1.82) is 0 Å². The molecule has 2 aromatic rings. The second-order valence-corrected chi connectivity index (χ2v) is 4.48. The first kappa shape index (κ1) is 9.48. The van der Waals surface area contributed by atoms with Gasteiger partial charge in [0.15, 0.2) is 5.13 Å². The summed E-state index contributed by atoms with van der Waals surface area (Å²) >= 11 is 7.34. The number of aryl methyl sites for hydroxylation is 1. The van der Waals surface area contributed by atoms with Gasteiger partial charge in [0.05, 0.1) is 17.3 Å². The number of hydrogen-bond acceptors (Lipinski definition) is 4. The molecule has 0 amide bonds. The second-order valence-electron chi connectivity index (χ2n) is 2.92. The zero-order valence-electron chi connectivity index (χ0n) is 7.57. The first-order valence-corrected chi connectivity index (χ1v) is 5.24. The van der Waals surface area contributed by atoms with Crippen LogP contribution in [0.5, 0.6) is 0 Å². The molecule has 0 atom stereocenters. The fourth-order valence-electron chi connectivity index (χ4n) is 1.13. The molecule has 0 aliphatic rings. The molecular formula is C8H9ClN4S. The highest BCUT2D eigenvalue weighted by molar-refractivity contribution is 7.15. The van der Waals surface area contributed by atoms with Crippen molar-refractivity contribution in [2.75, 3.05) is 5.73 Å². The van der Waals surface area contributed by atoms with E-state index in [1.54, 1.807) is 17.1 Å². The molecule has 0 saturated heterocycles. The van der Waals surface area contributed by atoms with E-state index in [0.717, 1.165) is 10.6 Å². The summed E-state index contributed by atoms with van der Waals surface area (Å²) in [7, 11) is 0. The SMILES string of the molecule is Cc1nn(Cc2cnc(N)s2)cc1Cl. The van der Waals surface area contributed by atoms with Crippen LogP contribution in [-0.4, -0.2) is 14.8 Å². The van der Waals surface area contributed by atoms with Crippen molar-refractivity contribution in [1.82, 2.24) is 14.8 Å². The van der Waals surface area contributed by atoms with E-state index in [9.17, 15) is 0 Å². The van der Waals surface area contributed by atoms with Crippen LogP contribution in [0.3, 0.4) is 0 Å². The van der Waals surface area contributed by atoms with Gasteiger partial charge in [-0.05, 0) is 6.92 Å². The molecule has 4 nitrogen and oxygen atoms in total. The van der Waals surface area contributed by atoms with Gasteiger partial charge in [-0.1, -0.05) is 11.6 Å². The molecule has 0 spiro atoms. The van der Waals surface area contributed by atoms with E-state index in [4.69, 9.17) is 17.3 Å². The van der Waals surface area contributed by atoms with E-state index in [-0.39, 0.29) is 0 Å². The van der Waals surface area contributed by atoms with Gasteiger partial charge >= 0.3 is 0 Å². The molecule has 6 heteroatoms. The van der Waals surface area contributed by atoms with Crippen molar-refractivity contribution in [3.05, 3.63) is 28.0 Å². The van der Waals surface area contributed by atoms with Gasteiger partial charge in [-0.3, -0.25) is 4.68 Å². The average Bonchev–Trinajstić information content (AvgIpc) is 2.62. The molecule has 0 unspecified atom stereocenters. The van der Waals surface area contributed by atoms with Gasteiger partial charge in [-0.15, -0.1) is 11.3 Å². The minimum atomic E-state index is 0.579. The normalized spacial score (nSPS) is 10.7. The Morgan fingerprint density at radius 2 is 2.43 bits per heavy atom. The molecule has 2 rings (SSSR count). The van der Waals surface area contributed by atoms with Gasteiger partial charge in [0, 0.05) is 17.3 Å². The van der Waals surface area contributed by atoms with Crippen LogP contribution in [0.1, 0.15) is 10.6 Å². The lowest BCUT2D eigenvalue weighted by atomic mass is 10.5. The van der Waals surface area contributed by atoms with Crippen molar-refractivity contribution < 1.29 is 0 Å². The Morgan fingerprint density at radius 1 is 1.64 bits per heavy atom. The molecule has 14 heavy (non-hydrogen) atoms. The fraction of sp³-hybridized carbons (Fsp3) is 0.250. The molecular weight excluding hydrogens is 220 g/mol. The lowest BCUT2D eigenvalue weighted by Crippen LogP contribution is -1.98. The number of halogens is 1. The van der Waals surface area contributed by atoms with Crippen LogP contribution in [0.15, 0.2) is 12.4 Å². The fourth-order valence-corrected chi connectivity index (χ4v) is 1.96. The number of nitrogens with zero attached hydrogens (tertiary/aromatic N) is 3. The molecule has 0 aliphatic heterocycles. The Hall–Kier alpha value is -1.07. The summed E-state index contributed by atoms with van der Waals surface area (Å²) in [5.74, 6) is 0. The molecule has 0 saturated carbocycles. The average molecular weight is 229 g/mol. The van der Waals surface area contributed by atoms with E-state index in [0.29, 0.717) is 16.7 Å². The van der Waals surface area contributed by atoms with E-state index >= 15 is 0 Å². The van der Waals surface area contributed by atoms with Crippen LogP contribution < -0.4 is 5.73 Å². The molecule has 0 bridgehead atoms. The van der Waals surface area contributed by atoms with Gasteiger partial charge in [0.1, 0.15) is 0 Å². The zero-order valence-corrected chi connectivity index (χ0v) is 9.14. The molecule has 2 heterocycles. The lowest BCUT2D eigenvalue weighted by Gasteiger charge is -1.95. The standard InChI is InChI=1S/C8H9ClN4S/c1-5-7(9)4-13(12-5)3-6-2-11-8(10)14-6/h2,4H,3H2,1H3,(H2,10,11). The number of rotatable bonds is 2. The summed E-state index contributed by atoms with van der Waals surface area (Å²) < 4.78 is 1.78. The minimum Gasteiger partial charge on any atom is -0.375 e. The Morgan fingerprint density at radius 3 is 2.93 bits per heavy atom. The Balaban J connectivity index is 2.18.